The van der Waals surface area contributed by atoms with Crippen LogP contribution >= 0.6 is 0 Å². The molecule has 5 rings (SSSR count). The Morgan fingerprint density at radius 2 is 1.93 bits per heavy atom. The van der Waals surface area contributed by atoms with Crippen molar-refractivity contribution in [1.82, 2.24) is 9.80 Å². The Morgan fingerprint density at radius 3 is 2.52 bits per heavy atom. The maximum absolute atomic E-state index is 13.9. The summed E-state index contributed by atoms with van der Waals surface area (Å²) in [6.45, 7) is 3.59. The number of methoxy groups -OCH3 is 1. The van der Waals surface area contributed by atoms with Gasteiger partial charge in [-0.1, -0.05) is 6.92 Å². The number of aliphatic hydroxyl groups is 1. The number of phenols is 1. The number of fused-ring (bicyclic) bond motifs is 3. The van der Waals surface area contributed by atoms with Crippen LogP contribution < -0.4 is 10.5 Å². The largest absolute Gasteiger partial charge is 0.507 e. The van der Waals surface area contributed by atoms with E-state index in [0.717, 1.165) is 31.4 Å². The summed E-state index contributed by atoms with van der Waals surface area (Å²) in [5.41, 5.74) is 3.80. The number of carbonyl (C=O) groups excluding carboxylic acids is 5. The van der Waals surface area contributed by atoms with E-state index in [1.54, 1.807) is 14.1 Å². The number of phenolic OH excluding ortho intramolecular Hbond substituents is 1. The molecule has 3 fully saturated rings. The summed E-state index contributed by atoms with van der Waals surface area (Å²) in [5.74, 6) is -10.1. The molecule has 1 aliphatic heterocycles. The molecule has 1 amide bonds. The van der Waals surface area contributed by atoms with Crippen molar-refractivity contribution in [2.45, 2.75) is 63.3 Å². The van der Waals surface area contributed by atoms with Gasteiger partial charge in [-0.2, -0.15) is 0 Å². The van der Waals surface area contributed by atoms with Crippen LogP contribution in [0.1, 0.15) is 54.1 Å². The molecule has 11 heteroatoms. The van der Waals surface area contributed by atoms with Gasteiger partial charge in [0.1, 0.15) is 11.5 Å². The molecule has 11 nitrogen and oxygen atoms in total. The monoisotopic (exact) mass is 555 g/mol. The number of carbonyl (C=O) groups is 5. The lowest BCUT2D eigenvalue weighted by atomic mass is 9.52. The first kappa shape index (κ1) is 28.4. The number of benzene rings is 1. The number of primary amides is 1. The van der Waals surface area contributed by atoms with Crippen LogP contribution in [0, 0.1) is 23.7 Å². The Hall–Kier alpha value is -3.15. The van der Waals surface area contributed by atoms with E-state index in [1.165, 1.54) is 18.1 Å². The first-order valence-electron chi connectivity index (χ1n) is 13.9. The van der Waals surface area contributed by atoms with Crippen LogP contribution in [0.15, 0.2) is 6.07 Å². The second-order valence-electron chi connectivity index (χ2n) is 11.9. The molecular weight excluding hydrogens is 518 g/mol. The molecule has 4 N–H and O–H groups in total. The predicted octanol–water partition coefficient (Wildman–Crippen LogP) is 0.250. The van der Waals surface area contributed by atoms with Gasteiger partial charge in [0.25, 0.3) is 0 Å². The highest BCUT2D eigenvalue weighted by molar-refractivity contribution is 6.32. The molecule has 216 valence electrons. The topological polar surface area (TPSA) is 168 Å². The SMILES string of the molecule is CCC1CCCN1Cc1cc(O)c2c(c1OC)C[C@H]1C[C@H]3[C@H](N(C)C)C(=O)C(C(N)=O)C(=O)[C@@]3(O)C(=O)C1C2=O. The quantitative estimate of drug-likeness (QED) is 0.414. The third kappa shape index (κ3) is 3.93. The van der Waals surface area contributed by atoms with Gasteiger partial charge in [-0.15, -0.1) is 0 Å². The molecule has 0 radical (unpaired) electrons. The summed E-state index contributed by atoms with van der Waals surface area (Å²) >= 11 is 0. The van der Waals surface area contributed by atoms with Crippen molar-refractivity contribution in [3.8, 4) is 11.5 Å². The average molecular weight is 556 g/mol. The van der Waals surface area contributed by atoms with E-state index in [1.807, 2.05) is 0 Å². The maximum Gasteiger partial charge on any atom is 0.235 e. The summed E-state index contributed by atoms with van der Waals surface area (Å²) in [7, 11) is 4.62. The number of hydrogen-bond donors (Lipinski definition) is 3. The number of ketones is 4. The van der Waals surface area contributed by atoms with Gasteiger partial charge in [-0.05, 0) is 64.7 Å². The number of likely N-dealkylation sites (N-methyl/N-ethyl adjacent to an activating group) is 1. The first-order valence-corrected chi connectivity index (χ1v) is 13.9. The van der Waals surface area contributed by atoms with Crippen molar-refractivity contribution >= 4 is 29.0 Å². The van der Waals surface area contributed by atoms with Gasteiger partial charge < -0.3 is 20.7 Å². The minimum Gasteiger partial charge on any atom is -0.507 e. The summed E-state index contributed by atoms with van der Waals surface area (Å²) in [6.07, 6.45) is 3.34. The first-order chi connectivity index (χ1) is 18.9. The lowest BCUT2D eigenvalue weighted by Crippen LogP contribution is -2.74. The van der Waals surface area contributed by atoms with Gasteiger partial charge in [-0.3, -0.25) is 33.8 Å². The highest BCUT2D eigenvalue weighted by Gasteiger charge is 2.69. The van der Waals surface area contributed by atoms with E-state index in [0.29, 0.717) is 23.9 Å². The number of hydrogen-bond acceptors (Lipinski definition) is 10. The normalized spacial score (nSPS) is 34.0. The van der Waals surface area contributed by atoms with Crippen molar-refractivity contribution in [1.29, 1.82) is 0 Å². The number of aromatic hydroxyl groups is 1. The van der Waals surface area contributed by atoms with Gasteiger partial charge in [0.05, 0.1) is 24.6 Å². The molecular formula is C29H37N3O8. The summed E-state index contributed by atoms with van der Waals surface area (Å²) in [4.78, 5) is 70.3. The van der Waals surface area contributed by atoms with Crippen LogP contribution in [0.5, 0.6) is 11.5 Å². The molecule has 0 aromatic heterocycles. The van der Waals surface area contributed by atoms with Gasteiger partial charge in [0.15, 0.2) is 34.7 Å². The van der Waals surface area contributed by atoms with Crippen molar-refractivity contribution in [2.75, 3.05) is 27.7 Å². The van der Waals surface area contributed by atoms with E-state index in [4.69, 9.17) is 10.5 Å². The Labute approximate surface area is 232 Å². The van der Waals surface area contributed by atoms with Crippen LogP contribution in [-0.2, 0) is 32.1 Å². The zero-order valence-electron chi connectivity index (χ0n) is 23.3. The summed E-state index contributed by atoms with van der Waals surface area (Å²) in [6, 6.07) is 0.780. The lowest BCUT2D eigenvalue weighted by Gasteiger charge is -2.52. The maximum atomic E-state index is 13.9. The molecule has 3 unspecified atom stereocenters. The molecule has 0 bridgehead atoms. The Morgan fingerprint density at radius 1 is 1.23 bits per heavy atom. The number of rotatable bonds is 6. The smallest absolute Gasteiger partial charge is 0.235 e. The highest BCUT2D eigenvalue weighted by atomic mass is 16.5. The third-order valence-electron chi connectivity index (χ3n) is 9.64. The van der Waals surface area contributed by atoms with Crippen molar-refractivity contribution in [3.05, 3.63) is 22.8 Å². The zero-order chi connectivity index (χ0) is 29.3. The Balaban J connectivity index is 1.59. The van der Waals surface area contributed by atoms with E-state index in [9.17, 15) is 34.2 Å². The van der Waals surface area contributed by atoms with Gasteiger partial charge in [-0.25, -0.2) is 0 Å². The van der Waals surface area contributed by atoms with E-state index >= 15 is 0 Å². The number of likely N-dealkylation sites (tertiary alicyclic amines) is 1. The number of amides is 1. The lowest BCUT2D eigenvalue weighted by molar-refractivity contribution is -0.181. The fraction of sp³-hybridized carbons (Fsp3) is 0.621. The van der Waals surface area contributed by atoms with Gasteiger partial charge >= 0.3 is 0 Å². The molecule has 7 atom stereocenters. The fourth-order valence-corrected chi connectivity index (χ4v) is 7.87. The summed E-state index contributed by atoms with van der Waals surface area (Å²) < 4.78 is 5.80. The predicted molar refractivity (Wildman–Crippen MR) is 142 cm³/mol. The molecule has 1 saturated heterocycles. The standard InChI is InChI=1S/C29H37N3O8/c1-5-15-7-6-8-32(15)12-14-11-18(33)20-16(25(14)40-4)9-13-10-17-22(31(2)3)24(35)21(28(30)38)27(37)29(17,39)26(36)19(13)23(20)34/h11,13,15,17,19,21-22,33,39H,5-10,12H2,1-4H3,(H2,30,38)/t13-,15?,17-,19?,21?,22-,29-/m0/s1. The van der Waals surface area contributed by atoms with Crippen molar-refractivity contribution in [2.24, 2.45) is 29.4 Å². The molecule has 3 aliphatic carbocycles. The van der Waals surface area contributed by atoms with Crippen LogP contribution in [0.4, 0.5) is 0 Å². The number of Topliss-reactive ketones (excluding diaryl/α,β-unsaturated/α-hetero) is 4. The molecule has 2 saturated carbocycles. The number of nitrogens with two attached hydrogens (primary N) is 1. The van der Waals surface area contributed by atoms with Crippen molar-refractivity contribution in [3.63, 3.8) is 0 Å². The number of nitrogens with zero attached hydrogens (tertiary/aromatic N) is 2. The van der Waals surface area contributed by atoms with Crippen LogP contribution in [-0.4, -0.2) is 94.5 Å². The van der Waals surface area contributed by atoms with Crippen molar-refractivity contribution < 1.29 is 38.9 Å². The van der Waals surface area contributed by atoms with Gasteiger partial charge in [0, 0.05) is 29.6 Å². The summed E-state index contributed by atoms with van der Waals surface area (Å²) in [5, 5.41) is 22.7. The van der Waals surface area contributed by atoms with E-state index in [-0.39, 0.29) is 24.2 Å². The molecule has 40 heavy (non-hydrogen) atoms. The minimum atomic E-state index is -2.73. The highest BCUT2D eigenvalue weighted by Crippen LogP contribution is 2.52. The van der Waals surface area contributed by atoms with E-state index < -0.39 is 64.4 Å². The second kappa shape index (κ2) is 10.0. The van der Waals surface area contributed by atoms with Gasteiger partial charge in [0.2, 0.25) is 5.91 Å². The molecule has 4 aliphatic rings. The minimum absolute atomic E-state index is 0.00206. The average Bonchev–Trinajstić information content (AvgIpc) is 3.33. The Bertz CT molecular complexity index is 1310. The Kier molecular flexibility index (Phi) is 7.12. The second-order valence-corrected chi connectivity index (χ2v) is 11.9. The molecule has 1 aromatic carbocycles. The van der Waals surface area contributed by atoms with Crippen LogP contribution in [0.25, 0.3) is 0 Å². The fourth-order valence-electron chi connectivity index (χ4n) is 7.87. The number of ether oxygens (including phenoxy) is 1. The van der Waals surface area contributed by atoms with Crippen LogP contribution in [0.3, 0.4) is 0 Å². The molecule has 1 heterocycles. The molecule has 0 spiro atoms. The zero-order valence-corrected chi connectivity index (χ0v) is 23.3. The van der Waals surface area contributed by atoms with Crippen LogP contribution in [0.2, 0.25) is 0 Å². The third-order valence-corrected chi connectivity index (χ3v) is 9.64. The van der Waals surface area contributed by atoms with E-state index in [2.05, 4.69) is 11.8 Å². The molecule has 1 aromatic rings.